The monoisotopic (exact) mass is 321 g/mol. The summed E-state index contributed by atoms with van der Waals surface area (Å²) in [6, 6.07) is 19.9. The van der Waals surface area contributed by atoms with Gasteiger partial charge in [0.25, 0.3) is 0 Å². The first-order valence-corrected chi connectivity index (χ1v) is 7.81. The van der Waals surface area contributed by atoms with Crippen LogP contribution in [0.5, 0.6) is 5.75 Å². The van der Waals surface area contributed by atoms with Gasteiger partial charge in [0, 0.05) is 16.3 Å². The predicted octanol–water partition coefficient (Wildman–Crippen LogP) is 5.74. The van der Waals surface area contributed by atoms with E-state index in [0.717, 1.165) is 33.4 Å². The molecule has 1 aliphatic heterocycles. The van der Waals surface area contributed by atoms with Crippen molar-refractivity contribution in [2.75, 3.05) is 5.32 Å². The minimum Gasteiger partial charge on any atom is -0.464 e. The van der Waals surface area contributed by atoms with Gasteiger partial charge in [-0.25, -0.2) is 0 Å². The molecule has 0 aliphatic carbocycles. The van der Waals surface area contributed by atoms with E-state index in [9.17, 15) is 0 Å². The molecule has 23 heavy (non-hydrogen) atoms. The number of halogens is 1. The Bertz CT molecular complexity index is 1040. The molecule has 1 atom stereocenters. The minimum atomic E-state index is -0.235. The number of anilines is 1. The third kappa shape index (κ3) is 1.83. The number of ether oxygens (including phenoxy) is 1. The molecule has 0 fully saturated rings. The number of benzene rings is 3. The van der Waals surface area contributed by atoms with E-state index in [2.05, 4.69) is 5.32 Å². The lowest BCUT2D eigenvalue weighted by Gasteiger charge is -2.10. The third-order valence-corrected chi connectivity index (χ3v) is 4.56. The number of fused-ring (bicyclic) bond motifs is 4. The van der Waals surface area contributed by atoms with E-state index in [1.807, 2.05) is 60.7 Å². The molecule has 4 aromatic rings. The van der Waals surface area contributed by atoms with E-state index < -0.39 is 0 Å². The number of furan rings is 1. The van der Waals surface area contributed by atoms with Crippen LogP contribution in [0.3, 0.4) is 0 Å². The summed E-state index contributed by atoms with van der Waals surface area (Å²) in [5.74, 6) is 0.753. The molecule has 3 aromatic carbocycles. The van der Waals surface area contributed by atoms with Gasteiger partial charge in [-0.15, -0.1) is 0 Å². The number of para-hydroxylation sites is 1. The second-order valence-corrected chi connectivity index (χ2v) is 5.97. The predicted molar refractivity (Wildman–Crippen MR) is 92.2 cm³/mol. The van der Waals surface area contributed by atoms with Gasteiger partial charge in [0.15, 0.2) is 11.8 Å². The molecular formula is C19H12ClNO2. The van der Waals surface area contributed by atoms with Crippen LogP contribution < -0.4 is 10.1 Å². The van der Waals surface area contributed by atoms with E-state index in [-0.39, 0.29) is 6.23 Å². The summed E-state index contributed by atoms with van der Waals surface area (Å²) in [5.41, 5.74) is 3.36. The zero-order valence-corrected chi connectivity index (χ0v) is 12.8. The second kappa shape index (κ2) is 4.67. The molecule has 0 spiro atoms. The Balaban J connectivity index is 1.69. The van der Waals surface area contributed by atoms with Gasteiger partial charge < -0.3 is 14.5 Å². The van der Waals surface area contributed by atoms with Crippen LogP contribution >= 0.6 is 11.6 Å². The first kappa shape index (κ1) is 12.9. The lowest BCUT2D eigenvalue weighted by Crippen LogP contribution is -2.09. The van der Waals surface area contributed by atoms with Crippen molar-refractivity contribution < 1.29 is 9.15 Å². The Morgan fingerprint density at radius 3 is 2.57 bits per heavy atom. The Hall–Kier alpha value is -2.65. The molecule has 0 radical (unpaired) electrons. The van der Waals surface area contributed by atoms with Crippen LogP contribution in [0, 0.1) is 0 Å². The highest BCUT2D eigenvalue weighted by Gasteiger charge is 2.28. The largest absolute Gasteiger partial charge is 0.464 e. The fraction of sp³-hybridized carbons (Fsp3) is 0.0526. The summed E-state index contributed by atoms with van der Waals surface area (Å²) in [6.45, 7) is 0. The summed E-state index contributed by atoms with van der Waals surface area (Å²) in [7, 11) is 0. The average molecular weight is 322 g/mol. The van der Waals surface area contributed by atoms with Gasteiger partial charge >= 0.3 is 0 Å². The van der Waals surface area contributed by atoms with Crippen LogP contribution in [-0.2, 0) is 0 Å². The summed E-state index contributed by atoms with van der Waals surface area (Å²) < 4.78 is 12.0. The van der Waals surface area contributed by atoms with Crippen LogP contribution in [0.25, 0.3) is 21.9 Å². The third-order valence-electron chi connectivity index (χ3n) is 4.20. The molecular weight excluding hydrogens is 310 g/mol. The quantitative estimate of drug-likeness (QED) is 0.485. The zero-order valence-electron chi connectivity index (χ0n) is 12.0. The van der Waals surface area contributed by atoms with Crippen molar-refractivity contribution in [1.29, 1.82) is 0 Å². The molecule has 2 heterocycles. The topological polar surface area (TPSA) is 34.4 Å². The maximum Gasteiger partial charge on any atom is 0.196 e. The second-order valence-electron chi connectivity index (χ2n) is 5.59. The maximum absolute atomic E-state index is 6.57. The summed E-state index contributed by atoms with van der Waals surface area (Å²) in [5, 5.41) is 5.92. The lowest BCUT2D eigenvalue weighted by molar-refractivity contribution is 0.260. The molecule has 0 amide bonds. The molecule has 1 N–H and O–H groups in total. The molecule has 5 rings (SSSR count). The Kier molecular flexibility index (Phi) is 2.61. The Labute approximate surface area is 137 Å². The van der Waals surface area contributed by atoms with Crippen molar-refractivity contribution in [2.24, 2.45) is 0 Å². The summed E-state index contributed by atoms with van der Waals surface area (Å²) in [6.07, 6.45) is -0.235. The highest BCUT2D eigenvalue weighted by molar-refractivity contribution is 6.39. The van der Waals surface area contributed by atoms with Gasteiger partial charge in [0.1, 0.15) is 22.0 Å². The smallest absolute Gasteiger partial charge is 0.196 e. The van der Waals surface area contributed by atoms with E-state index in [4.69, 9.17) is 20.8 Å². The number of hydrogen-bond acceptors (Lipinski definition) is 3. The normalized spacial score (nSPS) is 16.3. The van der Waals surface area contributed by atoms with Crippen molar-refractivity contribution in [3.8, 4) is 5.75 Å². The molecule has 1 unspecified atom stereocenters. The molecule has 1 aromatic heterocycles. The van der Waals surface area contributed by atoms with Crippen molar-refractivity contribution in [2.45, 2.75) is 6.23 Å². The fourth-order valence-electron chi connectivity index (χ4n) is 3.09. The lowest BCUT2D eigenvalue weighted by atomic mass is 10.1. The molecule has 0 saturated heterocycles. The first-order chi connectivity index (χ1) is 11.3. The van der Waals surface area contributed by atoms with Crippen molar-refractivity contribution in [1.82, 2.24) is 0 Å². The molecule has 0 saturated carbocycles. The molecule has 4 heteroatoms. The highest BCUT2D eigenvalue weighted by atomic mass is 35.5. The fourth-order valence-corrected chi connectivity index (χ4v) is 3.38. The molecule has 1 aliphatic rings. The van der Waals surface area contributed by atoms with Crippen LogP contribution in [0.4, 0.5) is 5.69 Å². The highest BCUT2D eigenvalue weighted by Crippen LogP contribution is 2.48. The number of hydrogen-bond donors (Lipinski definition) is 1. The molecule has 3 nitrogen and oxygen atoms in total. The van der Waals surface area contributed by atoms with E-state index in [0.29, 0.717) is 10.6 Å². The van der Waals surface area contributed by atoms with E-state index >= 15 is 0 Å². The van der Waals surface area contributed by atoms with Crippen LogP contribution in [-0.4, -0.2) is 0 Å². The SMILES string of the molecule is Clc1c2c(cc3c1oc1ccccc13)OC(c1ccccc1)N2. The van der Waals surface area contributed by atoms with Crippen LogP contribution in [0.2, 0.25) is 5.02 Å². The first-order valence-electron chi connectivity index (χ1n) is 7.43. The zero-order chi connectivity index (χ0) is 15.4. The summed E-state index contributed by atoms with van der Waals surface area (Å²) >= 11 is 6.57. The Morgan fingerprint density at radius 2 is 1.70 bits per heavy atom. The van der Waals surface area contributed by atoms with Crippen molar-refractivity contribution in [3.05, 3.63) is 71.2 Å². The van der Waals surface area contributed by atoms with Gasteiger partial charge in [-0.05, 0) is 12.1 Å². The van der Waals surface area contributed by atoms with Gasteiger partial charge in [0.2, 0.25) is 0 Å². The van der Waals surface area contributed by atoms with Gasteiger partial charge in [0.05, 0.1) is 0 Å². The Morgan fingerprint density at radius 1 is 0.913 bits per heavy atom. The molecule has 0 bridgehead atoms. The van der Waals surface area contributed by atoms with Crippen molar-refractivity contribution >= 4 is 39.2 Å². The molecule has 112 valence electrons. The maximum atomic E-state index is 6.57. The van der Waals surface area contributed by atoms with E-state index in [1.165, 1.54) is 0 Å². The van der Waals surface area contributed by atoms with Crippen LogP contribution in [0.1, 0.15) is 11.8 Å². The minimum absolute atomic E-state index is 0.235. The van der Waals surface area contributed by atoms with E-state index in [1.54, 1.807) is 0 Å². The van der Waals surface area contributed by atoms with Gasteiger partial charge in [-0.2, -0.15) is 0 Å². The van der Waals surface area contributed by atoms with Crippen LogP contribution in [0.15, 0.2) is 65.1 Å². The average Bonchev–Trinajstić information content (AvgIpc) is 3.18. The summed E-state index contributed by atoms with van der Waals surface area (Å²) in [4.78, 5) is 0. The standard InChI is InChI=1S/C19H12ClNO2/c20-16-17-15(23-19(21-17)11-6-2-1-3-7-11)10-13-12-8-4-5-9-14(12)22-18(13)16/h1-10,19,21H. The van der Waals surface area contributed by atoms with Crippen molar-refractivity contribution in [3.63, 3.8) is 0 Å². The number of rotatable bonds is 1. The number of nitrogens with one attached hydrogen (secondary N) is 1. The van der Waals surface area contributed by atoms with Gasteiger partial charge in [-0.1, -0.05) is 60.1 Å². The van der Waals surface area contributed by atoms with Gasteiger partial charge in [-0.3, -0.25) is 0 Å².